The number of hydrogen-bond donors (Lipinski definition) is 2. The molecule has 0 atom stereocenters. The van der Waals surface area contributed by atoms with E-state index in [2.05, 4.69) is 111 Å². The first-order chi connectivity index (χ1) is 20.8. The molecular formula is C36H45N7. The molecule has 0 unspecified atom stereocenters. The van der Waals surface area contributed by atoms with Crippen molar-refractivity contribution >= 4 is 23.2 Å². The summed E-state index contributed by atoms with van der Waals surface area (Å²) in [5.74, 6) is 2.16. The molecule has 7 nitrogen and oxygen atoms in total. The molecule has 2 aliphatic rings. The molecule has 3 aromatic rings. The molecule has 7 heteroatoms. The van der Waals surface area contributed by atoms with Gasteiger partial charge in [0.1, 0.15) is 5.82 Å². The van der Waals surface area contributed by atoms with E-state index in [1.54, 1.807) is 0 Å². The van der Waals surface area contributed by atoms with Crippen LogP contribution in [0.25, 0.3) is 11.1 Å². The monoisotopic (exact) mass is 575 g/mol. The number of nitrogens with zero attached hydrogens (tertiary/aromatic N) is 5. The molecule has 0 spiro atoms. The van der Waals surface area contributed by atoms with E-state index in [1.807, 2.05) is 29.2 Å². The van der Waals surface area contributed by atoms with Gasteiger partial charge in [-0.3, -0.25) is 9.36 Å². The topological polar surface area (TPSA) is 72.1 Å². The second-order valence-electron chi connectivity index (χ2n) is 11.8. The number of aliphatic imine (C=N–C) groups is 1. The molecular weight excluding hydrogens is 530 g/mol. The highest BCUT2D eigenvalue weighted by Crippen LogP contribution is 2.36. The first-order valence-corrected chi connectivity index (χ1v) is 15.6. The van der Waals surface area contributed by atoms with Crippen molar-refractivity contribution in [1.29, 1.82) is 0 Å². The van der Waals surface area contributed by atoms with Crippen LogP contribution in [0.3, 0.4) is 0 Å². The van der Waals surface area contributed by atoms with Crippen LogP contribution in [0.5, 0.6) is 0 Å². The van der Waals surface area contributed by atoms with Crippen molar-refractivity contribution in [3.05, 3.63) is 112 Å². The van der Waals surface area contributed by atoms with Crippen molar-refractivity contribution < 1.29 is 0 Å². The van der Waals surface area contributed by atoms with Gasteiger partial charge in [0.25, 0.3) is 0 Å². The molecule has 43 heavy (non-hydrogen) atoms. The zero-order chi connectivity index (χ0) is 30.3. The lowest BCUT2D eigenvalue weighted by Crippen LogP contribution is -2.13. The summed E-state index contributed by atoms with van der Waals surface area (Å²) in [5.41, 5.74) is 11.2. The highest BCUT2D eigenvalue weighted by Gasteiger charge is 2.25. The van der Waals surface area contributed by atoms with Crippen molar-refractivity contribution in [1.82, 2.24) is 24.9 Å². The fraction of sp³-hybridized carbons (Fsp3) is 0.361. The van der Waals surface area contributed by atoms with Crippen molar-refractivity contribution in [2.45, 2.75) is 66.8 Å². The number of aryl methyl sites for hydroxylation is 3. The van der Waals surface area contributed by atoms with E-state index in [1.165, 1.54) is 50.4 Å². The van der Waals surface area contributed by atoms with Gasteiger partial charge in [-0.05, 0) is 73.0 Å². The van der Waals surface area contributed by atoms with Crippen molar-refractivity contribution in [2.75, 3.05) is 11.9 Å². The minimum Gasteiger partial charge on any atom is -0.390 e. The molecule has 0 amide bonds. The summed E-state index contributed by atoms with van der Waals surface area (Å²) in [4.78, 5) is 4.81. The third-order valence-corrected chi connectivity index (χ3v) is 7.96. The van der Waals surface area contributed by atoms with Crippen LogP contribution in [0.2, 0.25) is 0 Å². The Bertz CT molecular complexity index is 1630. The average molecular weight is 576 g/mol. The lowest BCUT2D eigenvalue weighted by molar-refractivity contribution is 0.612. The number of hydrogen-bond acceptors (Lipinski definition) is 5. The van der Waals surface area contributed by atoms with E-state index >= 15 is 0 Å². The van der Waals surface area contributed by atoms with Crippen LogP contribution in [0.4, 0.5) is 5.82 Å². The minimum absolute atomic E-state index is 0.589. The molecule has 1 aliphatic heterocycles. The maximum Gasteiger partial charge on any atom is 0.153 e. The third kappa shape index (κ3) is 7.34. The predicted molar refractivity (Wildman–Crippen MR) is 180 cm³/mol. The zero-order valence-electron chi connectivity index (χ0n) is 26.5. The summed E-state index contributed by atoms with van der Waals surface area (Å²) >= 11 is 0. The number of nitrogens with one attached hydrogen (secondary N) is 2. The fourth-order valence-electron chi connectivity index (χ4n) is 5.45. The van der Waals surface area contributed by atoms with E-state index < -0.39 is 0 Å². The van der Waals surface area contributed by atoms with Crippen molar-refractivity contribution in [2.24, 2.45) is 18.0 Å². The second kappa shape index (κ2) is 13.7. The molecule has 5 rings (SSSR count). The molecule has 0 fully saturated rings. The summed E-state index contributed by atoms with van der Waals surface area (Å²) in [7, 11) is 2.07. The van der Waals surface area contributed by atoms with Crippen molar-refractivity contribution in [3.63, 3.8) is 0 Å². The number of rotatable bonds is 11. The Morgan fingerprint density at radius 1 is 1.12 bits per heavy atom. The second-order valence-corrected chi connectivity index (χ2v) is 11.8. The Balaban J connectivity index is 1.42. The van der Waals surface area contributed by atoms with Gasteiger partial charge in [-0.25, -0.2) is 4.99 Å². The van der Waals surface area contributed by atoms with E-state index in [9.17, 15) is 0 Å². The number of benzene rings is 1. The number of aromatic nitrogens is 4. The van der Waals surface area contributed by atoms with Gasteiger partial charge in [0.05, 0.1) is 11.4 Å². The van der Waals surface area contributed by atoms with Crippen LogP contribution in [0.15, 0.2) is 89.0 Å². The van der Waals surface area contributed by atoms with Gasteiger partial charge in [0, 0.05) is 56.8 Å². The van der Waals surface area contributed by atoms with E-state index in [-0.39, 0.29) is 0 Å². The van der Waals surface area contributed by atoms with Crippen LogP contribution in [0, 0.1) is 5.92 Å². The van der Waals surface area contributed by atoms with Gasteiger partial charge in [0.2, 0.25) is 0 Å². The van der Waals surface area contributed by atoms with Crippen LogP contribution < -0.4 is 10.6 Å². The smallest absolute Gasteiger partial charge is 0.153 e. The summed E-state index contributed by atoms with van der Waals surface area (Å²) in [5, 5.41) is 16.4. The molecule has 1 aromatic carbocycles. The van der Waals surface area contributed by atoms with Gasteiger partial charge in [-0.2, -0.15) is 10.2 Å². The van der Waals surface area contributed by atoms with E-state index in [0.717, 1.165) is 50.4 Å². The Morgan fingerprint density at radius 2 is 1.98 bits per heavy atom. The highest BCUT2D eigenvalue weighted by molar-refractivity contribution is 5.97. The van der Waals surface area contributed by atoms with Crippen LogP contribution in [-0.4, -0.2) is 32.3 Å². The molecule has 0 saturated heterocycles. The summed E-state index contributed by atoms with van der Waals surface area (Å²) in [6.07, 6.45) is 18.4. The highest BCUT2D eigenvalue weighted by atomic mass is 15.3. The van der Waals surface area contributed by atoms with Gasteiger partial charge < -0.3 is 10.6 Å². The number of allylic oxidation sites excluding steroid dienone is 8. The Hall–Kier alpha value is -4.39. The molecule has 0 saturated carbocycles. The standard InChI is InChI=1S/C36H45N7/c1-7-26(5)19-30(23-37-22-25(3)4)28-12-9-11-27(20-28)21-33-36-31-13-10-14-34(39-35-17-18-43(8-2)41-35)38-24-29(31)15-16-32(36)40-42(33)6/h9-14,17-20,23-25,37H,7-8,15-16,21-22H2,1-6H3,(H,38,39,41)/b26-19+,30-23+. The Morgan fingerprint density at radius 3 is 2.74 bits per heavy atom. The quantitative estimate of drug-likeness (QED) is 0.233. The fourth-order valence-corrected chi connectivity index (χ4v) is 5.45. The van der Waals surface area contributed by atoms with Gasteiger partial charge >= 0.3 is 0 Å². The first kappa shape index (κ1) is 30.1. The van der Waals surface area contributed by atoms with Crippen LogP contribution in [0.1, 0.15) is 75.5 Å². The third-order valence-electron chi connectivity index (χ3n) is 7.96. The minimum atomic E-state index is 0.589. The van der Waals surface area contributed by atoms with Crippen LogP contribution in [-0.2, 0) is 26.4 Å². The van der Waals surface area contributed by atoms with Gasteiger partial charge in [-0.15, -0.1) is 0 Å². The van der Waals surface area contributed by atoms with Gasteiger partial charge in [0.15, 0.2) is 5.82 Å². The van der Waals surface area contributed by atoms with E-state index in [4.69, 9.17) is 10.1 Å². The summed E-state index contributed by atoms with van der Waals surface area (Å²) < 4.78 is 3.98. The number of anilines is 1. The SMILES string of the molecule is CC/C(C)=C/C(=C\NCC(C)C)c1cccc(Cc2c3c(nn2C)CCC2=C3/C=C/C=C(\Nc3ccn(CC)n3)N=C2)c1. The van der Waals surface area contributed by atoms with Crippen molar-refractivity contribution in [3.8, 4) is 0 Å². The maximum absolute atomic E-state index is 4.97. The molecule has 0 radical (unpaired) electrons. The molecule has 224 valence electrons. The molecule has 0 bridgehead atoms. The van der Waals surface area contributed by atoms with E-state index in [0.29, 0.717) is 5.92 Å². The lowest BCUT2D eigenvalue weighted by atomic mass is 9.86. The molecule has 1 aliphatic carbocycles. The molecule has 2 N–H and O–H groups in total. The average Bonchev–Trinajstić information content (AvgIpc) is 3.57. The molecule has 3 heterocycles. The maximum atomic E-state index is 4.97. The Labute approximate surface area is 256 Å². The van der Waals surface area contributed by atoms with Crippen LogP contribution >= 0.6 is 0 Å². The normalized spacial score (nSPS) is 17.2. The Kier molecular flexibility index (Phi) is 9.60. The largest absolute Gasteiger partial charge is 0.390 e. The summed E-state index contributed by atoms with van der Waals surface area (Å²) in [6.45, 7) is 12.7. The predicted octanol–water partition coefficient (Wildman–Crippen LogP) is 7.46. The van der Waals surface area contributed by atoms with Gasteiger partial charge in [-0.1, -0.05) is 68.8 Å². The lowest BCUT2D eigenvalue weighted by Gasteiger charge is -2.18. The number of fused-ring (bicyclic) bond motifs is 2. The first-order valence-electron chi connectivity index (χ1n) is 15.6. The molecule has 2 aromatic heterocycles. The zero-order valence-corrected chi connectivity index (χ0v) is 26.5. The summed E-state index contributed by atoms with van der Waals surface area (Å²) in [6, 6.07) is 10.9.